The molecule has 1 amide bonds. The Balaban J connectivity index is 2.25. The normalized spacial score (nSPS) is 23.6. The summed E-state index contributed by atoms with van der Waals surface area (Å²) in [5.41, 5.74) is 0. The predicted octanol–water partition coefficient (Wildman–Crippen LogP) is 1.75. The molecule has 0 aliphatic heterocycles. The van der Waals surface area contributed by atoms with Crippen LogP contribution in [0.4, 0.5) is 0 Å². The topological polar surface area (TPSA) is 66.4 Å². The lowest BCUT2D eigenvalue weighted by molar-refractivity contribution is -0.146. The Bertz CT molecular complexity index is 270. The maximum Gasteiger partial charge on any atom is 0.307 e. The highest BCUT2D eigenvalue weighted by molar-refractivity contribution is 7.98. The van der Waals surface area contributed by atoms with Gasteiger partial charge in [-0.1, -0.05) is 6.42 Å². The Morgan fingerprint density at radius 2 is 2.00 bits per heavy atom. The lowest BCUT2D eigenvalue weighted by Gasteiger charge is -2.15. The van der Waals surface area contributed by atoms with E-state index in [0.717, 1.165) is 25.0 Å². The number of unbranched alkanes of at least 4 members (excludes halogenated alkanes) is 1. The van der Waals surface area contributed by atoms with Crippen LogP contribution in [0.1, 0.15) is 32.1 Å². The molecule has 0 saturated heterocycles. The summed E-state index contributed by atoms with van der Waals surface area (Å²) in [4.78, 5) is 22.8. The van der Waals surface area contributed by atoms with Crippen LogP contribution in [0.2, 0.25) is 0 Å². The zero-order valence-electron chi connectivity index (χ0n) is 10.3. The first kappa shape index (κ1) is 14.4. The minimum atomic E-state index is -0.829. The van der Waals surface area contributed by atoms with Crippen molar-refractivity contribution in [2.24, 2.45) is 11.8 Å². The van der Waals surface area contributed by atoms with Gasteiger partial charge in [0.2, 0.25) is 5.91 Å². The first-order chi connectivity index (χ1) is 8.16. The third-order valence-electron chi connectivity index (χ3n) is 3.24. The molecule has 1 aliphatic carbocycles. The maximum absolute atomic E-state index is 11.8. The second-order valence-electron chi connectivity index (χ2n) is 4.47. The van der Waals surface area contributed by atoms with Crippen LogP contribution in [0.5, 0.6) is 0 Å². The Hall–Kier alpha value is -0.710. The van der Waals surface area contributed by atoms with Gasteiger partial charge in [-0.2, -0.15) is 11.8 Å². The number of hydrogen-bond donors (Lipinski definition) is 2. The van der Waals surface area contributed by atoms with Crippen LogP contribution in [0.3, 0.4) is 0 Å². The van der Waals surface area contributed by atoms with Gasteiger partial charge in [0.15, 0.2) is 0 Å². The second kappa shape index (κ2) is 7.58. The van der Waals surface area contributed by atoms with Crippen molar-refractivity contribution in [2.45, 2.75) is 32.1 Å². The van der Waals surface area contributed by atoms with Gasteiger partial charge >= 0.3 is 5.97 Å². The molecule has 4 nitrogen and oxygen atoms in total. The summed E-state index contributed by atoms with van der Waals surface area (Å²) >= 11 is 1.80. The molecule has 0 radical (unpaired) electrons. The van der Waals surface area contributed by atoms with Crippen LogP contribution >= 0.6 is 11.8 Å². The Kier molecular flexibility index (Phi) is 6.40. The Morgan fingerprint density at radius 3 is 2.65 bits per heavy atom. The van der Waals surface area contributed by atoms with Crippen LogP contribution in [0.25, 0.3) is 0 Å². The molecule has 0 aromatic rings. The summed E-state index contributed by atoms with van der Waals surface area (Å²) in [6.07, 6.45) is 6.33. The largest absolute Gasteiger partial charge is 0.481 e. The SMILES string of the molecule is CSCCCCNC(=O)[C@@H]1CCC[C@@H]1C(=O)O. The lowest BCUT2D eigenvalue weighted by atomic mass is 9.95. The van der Waals surface area contributed by atoms with E-state index in [-0.39, 0.29) is 11.8 Å². The van der Waals surface area contributed by atoms with Crippen LogP contribution in [-0.2, 0) is 9.59 Å². The molecule has 1 fully saturated rings. The predicted molar refractivity (Wildman–Crippen MR) is 69.1 cm³/mol. The van der Waals surface area contributed by atoms with Gasteiger partial charge in [-0.3, -0.25) is 9.59 Å². The van der Waals surface area contributed by atoms with E-state index in [1.165, 1.54) is 0 Å². The van der Waals surface area contributed by atoms with E-state index in [1.807, 2.05) is 0 Å². The highest BCUT2D eigenvalue weighted by Gasteiger charge is 2.37. The molecule has 0 aromatic carbocycles. The molecule has 0 unspecified atom stereocenters. The van der Waals surface area contributed by atoms with Crippen LogP contribution in [-0.4, -0.2) is 35.5 Å². The van der Waals surface area contributed by atoms with Crippen molar-refractivity contribution in [3.8, 4) is 0 Å². The number of hydrogen-bond acceptors (Lipinski definition) is 3. The zero-order valence-corrected chi connectivity index (χ0v) is 11.1. The molecule has 5 heteroatoms. The van der Waals surface area contributed by atoms with Crippen LogP contribution in [0.15, 0.2) is 0 Å². The molecule has 1 rings (SSSR count). The van der Waals surface area contributed by atoms with E-state index in [1.54, 1.807) is 11.8 Å². The molecule has 0 bridgehead atoms. The molecule has 0 heterocycles. The average molecular weight is 259 g/mol. The number of nitrogens with one attached hydrogen (secondary N) is 1. The minimum absolute atomic E-state index is 0.0703. The standard InChI is InChI=1S/C12H21NO3S/c1-17-8-3-2-7-13-11(14)9-5-4-6-10(9)12(15)16/h9-10H,2-8H2,1H3,(H,13,14)(H,15,16)/t9-,10+/m1/s1. The van der Waals surface area contributed by atoms with Crippen LogP contribution in [0, 0.1) is 11.8 Å². The van der Waals surface area contributed by atoms with E-state index in [0.29, 0.717) is 19.4 Å². The van der Waals surface area contributed by atoms with Gasteiger partial charge < -0.3 is 10.4 Å². The van der Waals surface area contributed by atoms with Gasteiger partial charge in [-0.05, 0) is 37.7 Å². The summed E-state index contributed by atoms with van der Waals surface area (Å²) in [5.74, 6) is -0.574. The van der Waals surface area contributed by atoms with E-state index >= 15 is 0 Å². The van der Waals surface area contributed by atoms with Gasteiger partial charge in [0.25, 0.3) is 0 Å². The van der Waals surface area contributed by atoms with Crippen molar-refractivity contribution < 1.29 is 14.7 Å². The van der Waals surface area contributed by atoms with Gasteiger partial charge in [0.05, 0.1) is 11.8 Å². The molecule has 98 valence electrons. The summed E-state index contributed by atoms with van der Waals surface area (Å²) in [7, 11) is 0. The number of thioether (sulfide) groups is 1. The molecule has 2 atom stereocenters. The third kappa shape index (κ3) is 4.58. The molecule has 1 aliphatic rings. The number of carboxylic acids is 1. The van der Waals surface area contributed by atoms with Gasteiger partial charge in [0.1, 0.15) is 0 Å². The van der Waals surface area contributed by atoms with Crippen molar-refractivity contribution in [1.29, 1.82) is 0 Å². The molecule has 1 saturated carbocycles. The van der Waals surface area contributed by atoms with E-state index < -0.39 is 11.9 Å². The summed E-state index contributed by atoms with van der Waals surface area (Å²) in [6.45, 7) is 0.669. The maximum atomic E-state index is 11.8. The number of aliphatic carboxylic acids is 1. The first-order valence-electron chi connectivity index (χ1n) is 6.16. The number of carbonyl (C=O) groups excluding carboxylic acids is 1. The Labute approximate surface area is 107 Å². The third-order valence-corrected chi connectivity index (χ3v) is 3.94. The van der Waals surface area contributed by atoms with Gasteiger partial charge in [0, 0.05) is 6.54 Å². The summed E-state index contributed by atoms with van der Waals surface area (Å²) in [5, 5.41) is 11.8. The van der Waals surface area contributed by atoms with Gasteiger partial charge in [-0.15, -0.1) is 0 Å². The lowest BCUT2D eigenvalue weighted by Crippen LogP contribution is -2.35. The fraction of sp³-hybridized carbons (Fsp3) is 0.833. The van der Waals surface area contributed by atoms with E-state index in [4.69, 9.17) is 5.11 Å². The number of carbonyl (C=O) groups is 2. The fourth-order valence-electron chi connectivity index (χ4n) is 2.28. The number of carboxylic acid groups (broad SMARTS) is 1. The highest BCUT2D eigenvalue weighted by Crippen LogP contribution is 2.31. The van der Waals surface area contributed by atoms with Gasteiger partial charge in [-0.25, -0.2) is 0 Å². The van der Waals surface area contributed by atoms with Crippen molar-refractivity contribution in [3.05, 3.63) is 0 Å². The van der Waals surface area contributed by atoms with Crippen molar-refractivity contribution in [1.82, 2.24) is 5.32 Å². The molecule has 0 spiro atoms. The molecular weight excluding hydrogens is 238 g/mol. The quantitative estimate of drug-likeness (QED) is 0.684. The number of rotatable bonds is 7. The smallest absolute Gasteiger partial charge is 0.307 e. The first-order valence-corrected chi connectivity index (χ1v) is 7.55. The summed E-state index contributed by atoms with van der Waals surface area (Å²) in [6, 6.07) is 0. The fourth-order valence-corrected chi connectivity index (χ4v) is 2.78. The highest BCUT2D eigenvalue weighted by atomic mass is 32.2. The molecule has 17 heavy (non-hydrogen) atoms. The summed E-state index contributed by atoms with van der Waals surface area (Å²) < 4.78 is 0. The Morgan fingerprint density at radius 1 is 1.29 bits per heavy atom. The van der Waals surface area contributed by atoms with Crippen LogP contribution < -0.4 is 5.32 Å². The van der Waals surface area contributed by atoms with Crippen molar-refractivity contribution in [3.63, 3.8) is 0 Å². The van der Waals surface area contributed by atoms with E-state index in [9.17, 15) is 9.59 Å². The van der Waals surface area contributed by atoms with Crippen molar-refractivity contribution in [2.75, 3.05) is 18.6 Å². The minimum Gasteiger partial charge on any atom is -0.481 e. The van der Waals surface area contributed by atoms with Crippen molar-refractivity contribution >= 4 is 23.6 Å². The average Bonchev–Trinajstić information content (AvgIpc) is 2.77. The number of amides is 1. The second-order valence-corrected chi connectivity index (χ2v) is 5.46. The molecular formula is C12H21NO3S. The monoisotopic (exact) mass is 259 g/mol. The zero-order chi connectivity index (χ0) is 12.7. The molecule has 2 N–H and O–H groups in total. The molecule has 0 aromatic heterocycles. The van der Waals surface area contributed by atoms with E-state index in [2.05, 4.69) is 11.6 Å².